The maximum atomic E-state index is 13.0. The summed E-state index contributed by atoms with van der Waals surface area (Å²) in [4.78, 5) is 0.140. The molecule has 8 heteroatoms. The molecule has 0 N–H and O–H groups in total. The molecule has 0 aliphatic heterocycles. The van der Waals surface area contributed by atoms with Crippen LogP contribution in [0.4, 0.5) is 4.39 Å². The van der Waals surface area contributed by atoms with Crippen LogP contribution < -0.4 is 4.80 Å². The van der Waals surface area contributed by atoms with Crippen molar-refractivity contribution in [1.29, 1.82) is 0 Å². The summed E-state index contributed by atoms with van der Waals surface area (Å²) in [6.45, 7) is 0.166. The highest BCUT2D eigenvalue weighted by molar-refractivity contribution is 7.90. The van der Waals surface area contributed by atoms with Gasteiger partial charge in [0.25, 0.3) is 10.0 Å². The molecule has 0 unspecified atom stereocenters. The van der Waals surface area contributed by atoms with Crippen molar-refractivity contribution in [2.24, 2.45) is 4.40 Å². The SMILES string of the molecule is C#CCn1c(=NS(=O)(=O)c2ccc(F)cc2)sc2cc(Cl)ccc21. The van der Waals surface area contributed by atoms with Gasteiger partial charge in [0.1, 0.15) is 5.82 Å². The van der Waals surface area contributed by atoms with Gasteiger partial charge < -0.3 is 4.57 Å². The van der Waals surface area contributed by atoms with Gasteiger partial charge in [-0.1, -0.05) is 28.9 Å². The number of nitrogens with zero attached hydrogens (tertiary/aromatic N) is 2. The predicted molar refractivity (Wildman–Crippen MR) is 92.8 cm³/mol. The first-order valence-corrected chi connectivity index (χ1v) is 9.33. The van der Waals surface area contributed by atoms with E-state index in [1.807, 2.05) is 0 Å². The summed E-state index contributed by atoms with van der Waals surface area (Å²) < 4.78 is 44.1. The minimum Gasteiger partial charge on any atom is -0.304 e. The molecule has 122 valence electrons. The Labute approximate surface area is 146 Å². The molecular weight excluding hydrogens is 371 g/mol. The van der Waals surface area contributed by atoms with Gasteiger partial charge in [-0.3, -0.25) is 0 Å². The van der Waals surface area contributed by atoms with E-state index in [2.05, 4.69) is 10.3 Å². The van der Waals surface area contributed by atoms with E-state index >= 15 is 0 Å². The van der Waals surface area contributed by atoms with Gasteiger partial charge in [0, 0.05) is 5.02 Å². The Morgan fingerprint density at radius 1 is 1.25 bits per heavy atom. The monoisotopic (exact) mass is 380 g/mol. The van der Waals surface area contributed by atoms with Crippen LogP contribution in [-0.2, 0) is 16.6 Å². The summed E-state index contributed by atoms with van der Waals surface area (Å²) >= 11 is 7.14. The molecule has 1 aromatic heterocycles. The lowest BCUT2D eigenvalue weighted by atomic mass is 10.3. The number of hydrogen-bond donors (Lipinski definition) is 0. The Kier molecular flexibility index (Phi) is 4.45. The van der Waals surface area contributed by atoms with Crippen molar-refractivity contribution in [1.82, 2.24) is 4.57 Å². The first-order valence-electron chi connectivity index (χ1n) is 6.69. The van der Waals surface area contributed by atoms with E-state index in [-0.39, 0.29) is 16.2 Å². The average Bonchev–Trinajstić information content (AvgIpc) is 2.84. The lowest BCUT2D eigenvalue weighted by Crippen LogP contribution is -2.16. The molecule has 0 radical (unpaired) electrons. The van der Waals surface area contributed by atoms with Crippen LogP contribution in [0.1, 0.15) is 0 Å². The third-order valence-corrected chi connectivity index (χ3v) is 5.88. The topological polar surface area (TPSA) is 51.4 Å². The highest BCUT2D eigenvalue weighted by Crippen LogP contribution is 2.22. The largest absolute Gasteiger partial charge is 0.304 e. The van der Waals surface area contributed by atoms with Crippen LogP contribution in [0.25, 0.3) is 10.2 Å². The molecular formula is C16H10ClFN2O2S2. The number of aromatic nitrogens is 1. The lowest BCUT2D eigenvalue weighted by molar-refractivity contribution is 0.594. The van der Waals surface area contributed by atoms with Crippen molar-refractivity contribution in [3.63, 3.8) is 0 Å². The van der Waals surface area contributed by atoms with E-state index in [0.29, 0.717) is 5.02 Å². The zero-order valence-corrected chi connectivity index (χ0v) is 14.5. The van der Waals surface area contributed by atoms with Crippen LogP contribution in [0.3, 0.4) is 0 Å². The molecule has 0 bridgehead atoms. The molecule has 0 aliphatic carbocycles. The Morgan fingerprint density at radius 3 is 2.62 bits per heavy atom. The summed E-state index contributed by atoms with van der Waals surface area (Å²) in [6, 6.07) is 9.66. The second-order valence-corrected chi connectivity index (χ2v) is 7.86. The molecule has 1 heterocycles. The Morgan fingerprint density at radius 2 is 1.96 bits per heavy atom. The Balaban J connectivity index is 2.24. The van der Waals surface area contributed by atoms with Gasteiger partial charge in [0.2, 0.25) is 4.80 Å². The van der Waals surface area contributed by atoms with Crippen molar-refractivity contribution in [3.8, 4) is 12.3 Å². The number of rotatable bonds is 3. The van der Waals surface area contributed by atoms with E-state index in [1.54, 1.807) is 22.8 Å². The summed E-state index contributed by atoms with van der Waals surface area (Å²) in [5.41, 5.74) is 0.746. The molecule has 0 aliphatic rings. The van der Waals surface area contributed by atoms with Crippen molar-refractivity contribution in [2.45, 2.75) is 11.4 Å². The molecule has 0 amide bonds. The fourth-order valence-corrected chi connectivity index (χ4v) is 4.63. The third-order valence-electron chi connectivity index (χ3n) is 3.20. The first-order chi connectivity index (χ1) is 11.4. The first kappa shape index (κ1) is 16.7. The third kappa shape index (κ3) is 3.22. The molecule has 0 saturated carbocycles. The van der Waals surface area contributed by atoms with Gasteiger partial charge >= 0.3 is 0 Å². The van der Waals surface area contributed by atoms with E-state index < -0.39 is 15.8 Å². The molecule has 0 spiro atoms. The standard InChI is InChI=1S/C16H10ClFN2O2S2/c1-2-9-20-14-8-3-11(17)10-15(14)23-16(20)19-24(21,22)13-6-4-12(18)5-7-13/h1,3-8,10H,9H2. The zero-order chi connectivity index (χ0) is 17.3. The number of fused-ring (bicyclic) bond motifs is 1. The molecule has 0 atom stereocenters. The molecule has 3 rings (SSSR count). The predicted octanol–water partition coefficient (Wildman–Crippen LogP) is 3.42. The number of terminal acetylenes is 1. The number of hydrogen-bond acceptors (Lipinski definition) is 3. The fourth-order valence-electron chi connectivity index (χ4n) is 2.12. The number of sulfonamides is 1. The van der Waals surface area contributed by atoms with E-state index in [0.717, 1.165) is 22.3 Å². The average molecular weight is 381 g/mol. The van der Waals surface area contributed by atoms with Crippen LogP contribution in [0.2, 0.25) is 5.02 Å². The second-order valence-electron chi connectivity index (χ2n) is 4.81. The highest BCUT2D eigenvalue weighted by atomic mass is 35.5. The quantitative estimate of drug-likeness (QED) is 0.654. The Hall–Kier alpha value is -2.14. The maximum absolute atomic E-state index is 13.0. The summed E-state index contributed by atoms with van der Waals surface area (Å²) in [6.07, 6.45) is 5.38. The summed E-state index contributed by atoms with van der Waals surface area (Å²) in [5.74, 6) is 1.96. The lowest BCUT2D eigenvalue weighted by Gasteiger charge is -2.01. The zero-order valence-electron chi connectivity index (χ0n) is 12.1. The van der Waals surface area contributed by atoms with Crippen molar-refractivity contribution in [3.05, 3.63) is 58.1 Å². The van der Waals surface area contributed by atoms with E-state index in [1.165, 1.54) is 23.5 Å². The van der Waals surface area contributed by atoms with Crippen LogP contribution in [0.5, 0.6) is 0 Å². The molecule has 0 fully saturated rings. The maximum Gasteiger partial charge on any atom is 0.285 e. The van der Waals surface area contributed by atoms with Gasteiger partial charge in [-0.15, -0.1) is 10.8 Å². The van der Waals surface area contributed by atoms with Crippen LogP contribution >= 0.6 is 22.9 Å². The number of benzene rings is 2. The van der Waals surface area contributed by atoms with Gasteiger partial charge in [0.15, 0.2) is 0 Å². The van der Waals surface area contributed by atoms with Gasteiger partial charge in [-0.05, 0) is 42.5 Å². The van der Waals surface area contributed by atoms with Crippen molar-refractivity contribution < 1.29 is 12.8 Å². The van der Waals surface area contributed by atoms with Crippen LogP contribution in [0.15, 0.2) is 51.8 Å². The van der Waals surface area contributed by atoms with Gasteiger partial charge in [-0.25, -0.2) is 4.39 Å². The van der Waals surface area contributed by atoms with Gasteiger partial charge in [0.05, 0.1) is 21.7 Å². The van der Waals surface area contributed by atoms with Crippen LogP contribution in [0, 0.1) is 18.2 Å². The van der Waals surface area contributed by atoms with Crippen LogP contribution in [-0.4, -0.2) is 13.0 Å². The number of thiazole rings is 1. The minimum absolute atomic E-state index is 0.0911. The van der Waals surface area contributed by atoms with Crippen molar-refractivity contribution in [2.75, 3.05) is 0 Å². The molecule has 0 saturated heterocycles. The normalized spacial score (nSPS) is 12.5. The minimum atomic E-state index is -3.98. The van der Waals surface area contributed by atoms with E-state index in [9.17, 15) is 12.8 Å². The van der Waals surface area contributed by atoms with Gasteiger partial charge in [-0.2, -0.15) is 8.42 Å². The highest BCUT2D eigenvalue weighted by Gasteiger charge is 2.15. The molecule has 4 nitrogen and oxygen atoms in total. The molecule has 3 aromatic rings. The van der Waals surface area contributed by atoms with E-state index in [4.69, 9.17) is 18.0 Å². The molecule has 24 heavy (non-hydrogen) atoms. The van der Waals surface area contributed by atoms with Crippen molar-refractivity contribution >= 4 is 43.2 Å². The summed E-state index contributed by atoms with van der Waals surface area (Å²) in [7, 11) is -3.98. The molecule has 2 aromatic carbocycles. The summed E-state index contributed by atoms with van der Waals surface area (Å²) in [5, 5.41) is 0.532. The Bertz CT molecular complexity index is 1120. The smallest absolute Gasteiger partial charge is 0.285 e. The fraction of sp³-hybridized carbons (Fsp3) is 0.0625. The number of halogens is 2. The second kappa shape index (κ2) is 6.40.